The van der Waals surface area contributed by atoms with Gasteiger partial charge in [0, 0.05) is 12.2 Å². The third-order valence-electron chi connectivity index (χ3n) is 3.56. The predicted molar refractivity (Wildman–Crippen MR) is 83.8 cm³/mol. The Hall–Kier alpha value is -1.76. The van der Waals surface area contributed by atoms with Crippen molar-refractivity contribution >= 4 is 5.69 Å². The van der Waals surface area contributed by atoms with E-state index in [1.807, 2.05) is 0 Å². The van der Waals surface area contributed by atoms with Gasteiger partial charge < -0.3 is 5.32 Å². The first-order valence-electron chi connectivity index (χ1n) is 7.23. The van der Waals surface area contributed by atoms with Gasteiger partial charge in [-0.1, -0.05) is 62.4 Å². The molecule has 1 N–H and O–H groups in total. The van der Waals surface area contributed by atoms with Crippen LogP contribution in [0.4, 0.5) is 5.69 Å². The van der Waals surface area contributed by atoms with Crippen molar-refractivity contribution in [3.8, 4) is 0 Å². The average Bonchev–Trinajstić information content (AvgIpc) is 2.48. The number of para-hydroxylation sites is 1. The highest BCUT2D eigenvalue weighted by atomic mass is 14.9. The number of aryl methyl sites for hydroxylation is 2. The van der Waals surface area contributed by atoms with E-state index in [2.05, 4.69) is 67.7 Å². The van der Waals surface area contributed by atoms with Crippen molar-refractivity contribution < 1.29 is 0 Å². The van der Waals surface area contributed by atoms with E-state index in [4.69, 9.17) is 0 Å². The summed E-state index contributed by atoms with van der Waals surface area (Å²) in [6, 6.07) is 17.3. The van der Waals surface area contributed by atoms with Gasteiger partial charge in [-0.05, 0) is 36.0 Å². The molecule has 1 nitrogen and oxygen atoms in total. The van der Waals surface area contributed by atoms with Crippen LogP contribution in [0.15, 0.2) is 48.5 Å². The van der Waals surface area contributed by atoms with Crippen LogP contribution in [0.1, 0.15) is 30.5 Å². The molecule has 100 valence electrons. The zero-order chi connectivity index (χ0) is 13.5. The topological polar surface area (TPSA) is 12.0 Å². The van der Waals surface area contributed by atoms with Gasteiger partial charge in [-0.15, -0.1) is 0 Å². The van der Waals surface area contributed by atoms with E-state index in [9.17, 15) is 0 Å². The predicted octanol–water partition coefficient (Wildman–Crippen LogP) is 4.47. The zero-order valence-electron chi connectivity index (χ0n) is 11.9. The summed E-state index contributed by atoms with van der Waals surface area (Å²) in [5.41, 5.74) is 5.59. The summed E-state index contributed by atoms with van der Waals surface area (Å²) >= 11 is 0. The molecule has 0 aliphatic carbocycles. The van der Waals surface area contributed by atoms with E-state index in [0.717, 1.165) is 25.8 Å². The van der Waals surface area contributed by atoms with E-state index in [0.29, 0.717) is 0 Å². The van der Waals surface area contributed by atoms with Gasteiger partial charge in [-0.2, -0.15) is 0 Å². The number of nitrogens with one attached hydrogen (secondary N) is 1. The Morgan fingerprint density at radius 1 is 0.789 bits per heavy atom. The highest BCUT2D eigenvalue weighted by Gasteiger charge is 2.05. The lowest BCUT2D eigenvalue weighted by atomic mass is 10.0. The second-order valence-electron chi connectivity index (χ2n) is 4.82. The molecule has 0 unspecified atom stereocenters. The van der Waals surface area contributed by atoms with E-state index in [-0.39, 0.29) is 0 Å². The molecule has 0 aliphatic heterocycles. The number of hydrogen-bond donors (Lipinski definition) is 1. The maximum Gasteiger partial charge on any atom is 0.0405 e. The van der Waals surface area contributed by atoms with Crippen molar-refractivity contribution in [1.29, 1.82) is 0 Å². The molecule has 2 rings (SSSR count). The summed E-state index contributed by atoms with van der Waals surface area (Å²) in [6.45, 7) is 5.43. The first kappa shape index (κ1) is 13.7. The number of anilines is 1. The molecule has 0 aromatic heterocycles. The molecule has 2 aromatic carbocycles. The number of rotatable bonds is 6. The van der Waals surface area contributed by atoms with E-state index in [1.165, 1.54) is 22.4 Å². The van der Waals surface area contributed by atoms with Gasteiger partial charge in [-0.3, -0.25) is 0 Å². The highest BCUT2D eigenvalue weighted by molar-refractivity contribution is 5.58. The van der Waals surface area contributed by atoms with Gasteiger partial charge in [0.2, 0.25) is 0 Å². The Labute approximate surface area is 116 Å². The standard InChI is InChI=1S/C18H23N/c1-3-16-11-8-12-17(4-2)18(16)19-14-13-15-9-6-5-7-10-15/h5-12,19H,3-4,13-14H2,1-2H3. The highest BCUT2D eigenvalue weighted by Crippen LogP contribution is 2.22. The largest absolute Gasteiger partial charge is 0.384 e. The molecule has 0 atom stereocenters. The van der Waals surface area contributed by atoms with Crippen LogP contribution >= 0.6 is 0 Å². The van der Waals surface area contributed by atoms with Crippen LogP contribution in [-0.2, 0) is 19.3 Å². The molecule has 19 heavy (non-hydrogen) atoms. The van der Waals surface area contributed by atoms with Crippen LogP contribution in [-0.4, -0.2) is 6.54 Å². The van der Waals surface area contributed by atoms with Crippen molar-refractivity contribution in [3.05, 3.63) is 65.2 Å². The lowest BCUT2D eigenvalue weighted by Gasteiger charge is -2.15. The van der Waals surface area contributed by atoms with E-state index in [1.54, 1.807) is 0 Å². The third kappa shape index (κ3) is 3.60. The van der Waals surface area contributed by atoms with Crippen LogP contribution < -0.4 is 5.32 Å². The first-order valence-corrected chi connectivity index (χ1v) is 7.23. The molecular formula is C18H23N. The van der Waals surface area contributed by atoms with Gasteiger partial charge in [0.25, 0.3) is 0 Å². The molecule has 0 heterocycles. The van der Waals surface area contributed by atoms with Crippen molar-refractivity contribution in [2.24, 2.45) is 0 Å². The van der Waals surface area contributed by atoms with Gasteiger partial charge in [0.1, 0.15) is 0 Å². The zero-order valence-corrected chi connectivity index (χ0v) is 11.9. The second kappa shape index (κ2) is 6.98. The number of hydrogen-bond acceptors (Lipinski definition) is 1. The van der Waals surface area contributed by atoms with Crippen molar-refractivity contribution in [2.45, 2.75) is 33.1 Å². The Bertz CT molecular complexity index is 480. The Kier molecular flexibility index (Phi) is 5.02. The van der Waals surface area contributed by atoms with Crippen molar-refractivity contribution in [1.82, 2.24) is 0 Å². The van der Waals surface area contributed by atoms with Crippen LogP contribution in [0.3, 0.4) is 0 Å². The second-order valence-corrected chi connectivity index (χ2v) is 4.82. The van der Waals surface area contributed by atoms with Crippen LogP contribution in [0.2, 0.25) is 0 Å². The molecule has 0 amide bonds. The van der Waals surface area contributed by atoms with Gasteiger partial charge >= 0.3 is 0 Å². The summed E-state index contributed by atoms with van der Waals surface area (Å²) in [7, 11) is 0. The van der Waals surface area contributed by atoms with Crippen LogP contribution in [0.5, 0.6) is 0 Å². The van der Waals surface area contributed by atoms with Gasteiger partial charge in [0.05, 0.1) is 0 Å². The fraction of sp³-hybridized carbons (Fsp3) is 0.333. The van der Waals surface area contributed by atoms with Gasteiger partial charge in [-0.25, -0.2) is 0 Å². The van der Waals surface area contributed by atoms with Crippen LogP contribution in [0, 0.1) is 0 Å². The summed E-state index contributed by atoms with van der Waals surface area (Å²) in [5.74, 6) is 0. The van der Waals surface area contributed by atoms with Crippen molar-refractivity contribution in [2.75, 3.05) is 11.9 Å². The monoisotopic (exact) mass is 253 g/mol. The van der Waals surface area contributed by atoms with Crippen molar-refractivity contribution in [3.63, 3.8) is 0 Å². The first-order chi connectivity index (χ1) is 9.35. The lowest BCUT2D eigenvalue weighted by Crippen LogP contribution is -2.09. The lowest BCUT2D eigenvalue weighted by molar-refractivity contribution is 0.994. The Morgan fingerprint density at radius 2 is 1.42 bits per heavy atom. The molecule has 0 bridgehead atoms. The Morgan fingerprint density at radius 3 is 2.00 bits per heavy atom. The minimum atomic E-state index is 0.994. The fourth-order valence-corrected chi connectivity index (χ4v) is 2.45. The third-order valence-corrected chi connectivity index (χ3v) is 3.56. The maximum absolute atomic E-state index is 3.63. The summed E-state index contributed by atoms with van der Waals surface area (Å²) in [5, 5.41) is 3.63. The maximum atomic E-state index is 3.63. The molecule has 0 saturated heterocycles. The molecule has 1 heteroatoms. The average molecular weight is 253 g/mol. The molecule has 0 fully saturated rings. The molecule has 0 radical (unpaired) electrons. The molecular weight excluding hydrogens is 230 g/mol. The summed E-state index contributed by atoms with van der Waals surface area (Å²) in [4.78, 5) is 0. The molecule has 0 saturated carbocycles. The quantitative estimate of drug-likeness (QED) is 0.801. The van der Waals surface area contributed by atoms with Gasteiger partial charge in [0.15, 0.2) is 0 Å². The summed E-state index contributed by atoms with van der Waals surface area (Å²) < 4.78 is 0. The molecule has 0 spiro atoms. The molecule has 0 aliphatic rings. The minimum absolute atomic E-state index is 0.994. The summed E-state index contributed by atoms with van der Waals surface area (Å²) in [6.07, 6.45) is 3.24. The number of benzene rings is 2. The van der Waals surface area contributed by atoms with E-state index < -0.39 is 0 Å². The fourth-order valence-electron chi connectivity index (χ4n) is 2.45. The smallest absolute Gasteiger partial charge is 0.0405 e. The Balaban J connectivity index is 2.02. The SMILES string of the molecule is CCc1cccc(CC)c1NCCc1ccccc1. The minimum Gasteiger partial charge on any atom is -0.384 e. The normalized spacial score (nSPS) is 10.4. The molecule has 2 aromatic rings. The van der Waals surface area contributed by atoms with Crippen LogP contribution in [0.25, 0.3) is 0 Å². The van der Waals surface area contributed by atoms with E-state index >= 15 is 0 Å².